The van der Waals surface area contributed by atoms with Gasteiger partial charge in [-0.2, -0.15) is 0 Å². The van der Waals surface area contributed by atoms with E-state index in [2.05, 4.69) is 5.18 Å². The summed E-state index contributed by atoms with van der Waals surface area (Å²) in [5.41, 5.74) is 2.39. The number of nitrogens with two attached hydrogens (primary N) is 1. The lowest BCUT2D eigenvalue weighted by atomic mass is 10.0. The van der Waals surface area contributed by atoms with E-state index in [-0.39, 0.29) is 11.1 Å². The van der Waals surface area contributed by atoms with Crippen molar-refractivity contribution < 1.29 is 14.3 Å². The highest BCUT2D eigenvalue weighted by molar-refractivity contribution is 6.33. The summed E-state index contributed by atoms with van der Waals surface area (Å²) in [5.74, 6) is 5.25. The number of methoxy groups -OCH3 is 1. The first-order valence-electron chi connectivity index (χ1n) is 8.59. The monoisotopic (exact) mass is 399 g/mol. The van der Waals surface area contributed by atoms with Crippen LogP contribution in [0.1, 0.15) is 19.3 Å². The zero-order valence-electron chi connectivity index (χ0n) is 15.1. The van der Waals surface area contributed by atoms with Crippen LogP contribution >= 0.6 is 11.6 Å². The number of amides is 2. The molecule has 0 atom stereocenters. The third kappa shape index (κ3) is 3.81. The molecule has 7 nitrogen and oxygen atoms in total. The van der Waals surface area contributed by atoms with E-state index in [9.17, 15) is 14.5 Å². The molecule has 1 aliphatic carbocycles. The fourth-order valence-electron chi connectivity index (χ4n) is 3.19. The van der Waals surface area contributed by atoms with Crippen LogP contribution in [0.5, 0.6) is 5.75 Å². The third-order valence-corrected chi connectivity index (χ3v) is 4.98. The molecule has 2 N–H and O–H groups in total. The first kappa shape index (κ1) is 19.7. The Morgan fingerprint density at radius 3 is 2.39 bits per heavy atom. The minimum atomic E-state index is -0.915. The molecule has 144 valence electrons. The number of rotatable bonds is 5. The third-order valence-electron chi connectivity index (χ3n) is 4.67. The molecular weight excluding hydrogens is 382 g/mol. The Hall–Kier alpha value is -3.03. The van der Waals surface area contributed by atoms with Gasteiger partial charge in [-0.25, -0.2) is 10.9 Å². The lowest BCUT2D eigenvalue weighted by Crippen LogP contribution is -2.38. The van der Waals surface area contributed by atoms with Crippen molar-refractivity contribution in [2.24, 2.45) is 11.0 Å². The lowest BCUT2D eigenvalue weighted by Gasteiger charge is -2.19. The molecule has 0 saturated heterocycles. The molecule has 0 aromatic heterocycles. The largest absolute Gasteiger partial charge is 0.497 e. The first-order valence-corrected chi connectivity index (χ1v) is 8.97. The Kier molecular flexibility index (Phi) is 5.87. The summed E-state index contributed by atoms with van der Waals surface area (Å²) in [4.78, 5) is 34.9. The van der Waals surface area contributed by atoms with Gasteiger partial charge in [-0.1, -0.05) is 29.8 Å². The maximum atomic E-state index is 12.7. The summed E-state index contributed by atoms with van der Waals surface area (Å²) >= 11 is 6.40. The SMILES string of the molecule is COc1ccc(-c2ccc(N(N)C(=O)C3=C(C(=O)N=O)CCC3)cc2Cl)cc1. The van der Waals surface area contributed by atoms with Gasteiger partial charge in [-0.05, 0) is 49.1 Å². The summed E-state index contributed by atoms with van der Waals surface area (Å²) in [6.45, 7) is 0. The molecule has 0 fully saturated rings. The van der Waals surface area contributed by atoms with Crippen LogP contribution in [0, 0.1) is 4.91 Å². The van der Waals surface area contributed by atoms with Gasteiger partial charge in [0.05, 0.1) is 17.8 Å². The summed E-state index contributed by atoms with van der Waals surface area (Å²) < 4.78 is 5.15. The molecule has 0 saturated carbocycles. The minimum absolute atomic E-state index is 0.136. The summed E-state index contributed by atoms with van der Waals surface area (Å²) in [6, 6.07) is 12.4. The van der Waals surface area contributed by atoms with E-state index in [4.69, 9.17) is 22.2 Å². The van der Waals surface area contributed by atoms with Gasteiger partial charge >= 0.3 is 5.91 Å². The van der Waals surface area contributed by atoms with E-state index < -0.39 is 11.8 Å². The predicted molar refractivity (Wildman–Crippen MR) is 107 cm³/mol. The molecule has 1 aliphatic rings. The quantitative estimate of drug-likeness (QED) is 0.354. The Bertz CT molecular complexity index is 970. The zero-order valence-corrected chi connectivity index (χ0v) is 15.9. The van der Waals surface area contributed by atoms with Crippen LogP contribution in [0.3, 0.4) is 0 Å². The number of halogens is 1. The van der Waals surface area contributed by atoms with Crippen molar-refractivity contribution in [3.63, 3.8) is 0 Å². The van der Waals surface area contributed by atoms with E-state index in [0.717, 1.165) is 21.9 Å². The fraction of sp³-hybridized carbons (Fsp3) is 0.200. The number of hydrazine groups is 1. The smallest absolute Gasteiger partial charge is 0.313 e. The molecular formula is C20H18ClN3O4. The Morgan fingerprint density at radius 1 is 1.11 bits per heavy atom. The highest BCUT2D eigenvalue weighted by Gasteiger charge is 2.29. The van der Waals surface area contributed by atoms with Crippen LogP contribution in [0.2, 0.25) is 5.02 Å². The number of ether oxygens (including phenoxy) is 1. The van der Waals surface area contributed by atoms with Gasteiger partial charge in [0.15, 0.2) is 0 Å². The van der Waals surface area contributed by atoms with Crippen LogP contribution in [-0.4, -0.2) is 18.9 Å². The van der Waals surface area contributed by atoms with Crippen LogP contribution in [-0.2, 0) is 9.59 Å². The number of carbonyl (C=O) groups is 2. The molecule has 0 heterocycles. The van der Waals surface area contributed by atoms with E-state index in [1.807, 2.05) is 24.3 Å². The number of anilines is 1. The van der Waals surface area contributed by atoms with Gasteiger partial charge in [0.25, 0.3) is 5.91 Å². The van der Waals surface area contributed by atoms with Gasteiger partial charge in [0.2, 0.25) is 0 Å². The Balaban J connectivity index is 1.87. The molecule has 2 aromatic carbocycles. The molecule has 2 amide bonds. The van der Waals surface area contributed by atoms with Crippen LogP contribution in [0.4, 0.5) is 5.69 Å². The van der Waals surface area contributed by atoms with Crippen LogP contribution in [0.15, 0.2) is 58.8 Å². The average Bonchev–Trinajstić information content (AvgIpc) is 3.22. The number of hydrogen-bond donors (Lipinski definition) is 1. The second-order valence-corrected chi connectivity index (χ2v) is 6.68. The van der Waals surface area contributed by atoms with Crippen molar-refractivity contribution in [3.8, 4) is 16.9 Å². The van der Waals surface area contributed by atoms with Gasteiger partial charge < -0.3 is 4.74 Å². The maximum absolute atomic E-state index is 12.7. The summed E-state index contributed by atoms with van der Waals surface area (Å²) in [6.07, 6.45) is 1.32. The molecule has 0 bridgehead atoms. The van der Waals surface area contributed by atoms with Crippen LogP contribution < -0.4 is 15.6 Å². The number of carbonyl (C=O) groups excluding carboxylic acids is 2. The van der Waals surface area contributed by atoms with E-state index in [0.29, 0.717) is 30.0 Å². The highest BCUT2D eigenvalue weighted by Crippen LogP contribution is 2.34. The summed E-state index contributed by atoms with van der Waals surface area (Å²) in [7, 11) is 1.59. The van der Waals surface area contributed by atoms with Gasteiger partial charge in [0, 0.05) is 21.9 Å². The molecule has 2 aromatic rings. The van der Waals surface area contributed by atoms with Gasteiger partial charge in [-0.3, -0.25) is 9.59 Å². The number of benzene rings is 2. The van der Waals surface area contributed by atoms with Crippen molar-refractivity contribution in [1.29, 1.82) is 0 Å². The minimum Gasteiger partial charge on any atom is -0.497 e. The second kappa shape index (κ2) is 8.33. The highest BCUT2D eigenvalue weighted by atomic mass is 35.5. The maximum Gasteiger partial charge on any atom is 0.313 e. The average molecular weight is 400 g/mol. The zero-order chi connectivity index (χ0) is 20.3. The molecule has 0 radical (unpaired) electrons. The van der Waals surface area contributed by atoms with Crippen molar-refractivity contribution in [1.82, 2.24) is 0 Å². The Morgan fingerprint density at radius 2 is 1.79 bits per heavy atom. The van der Waals surface area contributed by atoms with Crippen molar-refractivity contribution >= 4 is 29.1 Å². The number of hydrogen-bond acceptors (Lipinski definition) is 5. The molecule has 0 spiro atoms. The predicted octanol–water partition coefficient (Wildman–Crippen LogP) is 4.00. The van der Waals surface area contributed by atoms with Crippen molar-refractivity contribution in [3.05, 3.63) is 63.5 Å². The van der Waals surface area contributed by atoms with E-state index in [1.165, 1.54) is 0 Å². The van der Waals surface area contributed by atoms with E-state index in [1.54, 1.807) is 25.3 Å². The van der Waals surface area contributed by atoms with Crippen molar-refractivity contribution in [2.45, 2.75) is 19.3 Å². The molecule has 28 heavy (non-hydrogen) atoms. The molecule has 8 heteroatoms. The van der Waals surface area contributed by atoms with Crippen molar-refractivity contribution in [2.75, 3.05) is 12.1 Å². The lowest BCUT2D eigenvalue weighted by molar-refractivity contribution is -0.117. The fourth-order valence-corrected chi connectivity index (χ4v) is 3.48. The molecule has 0 aliphatic heterocycles. The Labute approximate surface area is 166 Å². The number of nitroso groups, excluding NO2 is 1. The second-order valence-electron chi connectivity index (χ2n) is 6.27. The first-order chi connectivity index (χ1) is 13.5. The van der Waals surface area contributed by atoms with E-state index >= 15 is 0 Å². The standard InChI is InChI=1S/C20H18ClN3O4/c1-28-14-8-5-12(6-9-14)15-10-7-13(11-18(15)21)24(22)20(26)17-4-2-3-16(17)19(25)23-27/h5-11H,2-4,22H2,1H3. The summed E-state index contributed by atoms with van der Waals surface area (Å²) in [5, 5.41) is 3.77. The normalized spacial score (nSPS) is 13.4. The van der Waals surface area contributed by atoms with Crippen LogP contribution in [0.25, 0.3) is 11.1 Å². The van der Waals surface area contributed by atoms with Gasteiger partial charge in [0.1, 0.15) is 5.75 Å². The van der Waals surface area contributed by atoms with Gasteiger partial charge in [-0.15, -0.1) is 4.91 Å². The topological polar surface area (TPSA) is 102 Å². The molecule has 0 unspecified atom stereocenters. The molecule has 3 rings (SSSR count). The number of nitrogens with zero attached hydrogens (tertiary/aromatic N) is 2.